The van der Waals surface area contributed by atoms with Crippen LogP contribution in [0.3, 0.4) is 0 Å². The Morgan fingerprint density at radius 2 is 1.60 bits per heavy atom. The number of nitrogens with zero attached hydrogens (tertiary/aromatic N) is 1. The van der Waals surface area contributed by atoms with Gasteiger partial charge in [-0.15, -0.1) is 0 Å². The number of halogens is 2. The minimum atomic E-state index is -0.177. The molecule has 0 spiro atoms. The minimum absolute atomic E-state index is 0.106. The van der Waals surface area contributed by atoms with Gasteiger partial charge in [0.2, 0.25) is 11.8 Å². The molecular formula is C15H15Cl2NO2. The summed E-state index contributed by atoms with van der Waals surface area (Å²) >= 11 is 11.9. The first-order valence-corrected chi connectivity index (χ1v) is 7.57. The zero-order chi connectivity index (χ0) is 14.4. The van der Waals surface area contributed by atoms with E-state index in [1.54, 1.807) is 18.2 Å². The monoisotopic (exact) mass is 311 g/mol. The number of carbonyl (C=O) groups is 2. The van der Waals surface area contributed by atoms with Crippen molar-refractivity contribution in [3.05, 3.63) is 28.2 Å². The van der Waals surface area contributed by atoms with Crippen LogP contribution < -0.4 is 4.90 Å². The SMILES string of the molecule is C[C@@H]1CC[C@H]2C(=O)N(c3cc(Cl)cc(Cl)c3)C(=O)[C@@H]2C1. The van der Waals surface area contributed by atoms with Crippen LogP contribution in [0.1, 0.15) is 26.2 Å². The number of fused-ring (bicyclic) bond motifs is 1. The predicted octanol–water partition coefficient (Wildman–Crippen LogP) is 3.92. The van der Waals surface area contributed by atoms with E-state index in [1.807, 2.05) is 0 Å². The average Bonchev–Trinajstić information content (AvgIpc) is 2.60. The van der Waals surface area contributed by atoms with Crippen LogP contribution in [0, 0.1) is 17.8 Å². The Bertz CT molecular complexity index is 567. The topological polar surface area (TPSA) is 37.4 Å². The molecule has 3 nitrogen and oxygen atoms in total. The van der Waals surface area contributed by atoms with Gasteiger partial charge in [-0.3, -0.25) is 9.59 Å². The van der Waals surface area contributed by atoms with Gasteiger partial charge in [-0.05, 0) is 43.4 Å². The Labute approximate surface area is 127 Å². The van der Waals surface area contributed by atoms with E-state index in [4.69, 9.17) is 23.2 Å². The first kappa shape index (κ1) is 13.9. The van der Waals surface area contributed by atoms with Crippen molar-refractivity contribution in [1.82, 2.24) is 0 Å². The highest BCUT2D eigenvalue weighted by Crippen LogP contribution is 2.42. The van der Waals surface area contributed by atoms with E-state index in [0.717, 1.165) is 19.3 Å². The normalized spacial score (nSPS) is 29.8. The molecule has 2 amide bonds. The lowest BCUT2D eigenvalue weighted by Gasteiger charge is -2.25. The molecule has 2 aliphatic rings. The quantitative estimate of drug-likeness (QED) is 0.737. The van der Waals surface area contributed by atoms with Crippen LogP contribution in [0.4, 0.5) is 5.69 Å². The summed E-state index contributed by atoms with van der Waals surface area (Å²) in [5, 5.41) is 0.854. The average molecular weight is 312 g/mol. The number of hydrogen-bond donors (Lipinski definition) is 0. The van der Waals surface area contributed by atoms with Gasteiger partial charge in [-0.2, -0.15) is 0 Å². The molecule has 20 heavy (non-hydrogen) atoms. The number of carbonyl (C=O) groups excluding carboxylic acids is 2. The fourth-order valence-electron chi connectivity index (χ4n) is 3.31. The Balaban J connectivity index is 1.98. The third-order valence-electron chi connectivity index (χ3n) is 4.29. The van der Waals surface area contributed by atoms with Gasteiger partial charge >= 0.3 is 0 Å². The number of amides is 2. The van der Waals surface area contributed by atoms with Crippen LogP contribution in [0.25, 0.3) is 0 Å². The van der Waals surface area contributed by atoms with Crippen molar-refractivity contribution in [2.24, 2.45) is 17.8 Å². The molecule has 0 N–H and O–H groups in total. The van der Waals surface area contributed by atoms with Crippen molar-refractivity contribution in [2.45, 2.75) is 26.2 Å². The van der Waals surface area contributed by atoms with Crippen LogP contribution in [-0.2, 0) is 9.59 Å². The maximum absolute atomic E-state index is 12.5. The van der Waals surface area contributed by atoms with Crippen molar-refractivity contribution < 1.29 is 9.59 Å². The molecule has 1 heterocycles. The van der Waals surface area contributed by atoms with E-state index >= 15 is 0 Å². The van der Waals surface area contributed by atoms with E-state index in [-0.39, 0.29) is 23.7 Å². The second-order valence-electron chi connectivity index (χ2n) is 5.77. The number of benzene rings is 1. The summed E-state index contributed by atoms with van der Waals surface area (Å²) in [6.45, 7) is 2.13. The largest absolute Gasteiger partial charge is 0.274 e. The predicted molar refractivity (Wildman–Crippen MR) is 79.0 cm³/mol. The van der Waals surface area contributed by atoms with Gasteiger partial charge in [-0.1, -0.05) is 30.1 Å². The van der Waals surface area contributed by atoms with Gasteiger partial charge in [0.05, 0.1) is 17.5 Å². The second kappa shape index (κ2) is 5.05. The molecule has 0 unspecified atom stereocenters. The molecule has 3 atom stereocenters. The fraction of sp³-hybridized carbons (Fsp3) is 0.467. The molecule has 0 bridgehead atoms. The second-order valence-corrected chi connectivity index (χ2v) is 6.64. The lowest BCUT2D eigenvalue weighted by atomic mass is 9.76. The standard InChI is InChI=1S/C15H15Cl2NO2/c1-8-2-3-12-13(4-8)15(20)18(14(12)19)11-6-9(16)5-10(17)7-11/h5-8,12-13H,2-4H2,1H3/t8-,12-,13-/m1/s1. The smallest absolute Gasteiger partial charge is 0.237 e. The van der Waals surface area contributed by atoms with Crippen LogP contribution in [0.15, 0.2) is 18.2 Å². The lowest BCUT2D eigenvalue weighted by molar-refractivity contribution is -0.122. The lowest BCUT2D eigenvalue weighted by Crippen LogP contribution is -2.30. The summed E-state index contributed by atoms with van der Waals surface area (Å²) < 4.78 is 0. The van der Waals surface area contributed by atoms with E-state index < -0.39 is 0 Å². The van der Waals surface area contributed by atoms with Crippen LogP contribution in [0.5, 0.6) is 0 Å². The van der Waals surface area contributed by atoms with Crippen molar-refractivity contribution in [2.75, 3.05) is 4.90 Å². The number of anilines is 1. The zero-order valence-electron chi connectivity index (χ0n) is 11.1. The van der Waals surface area contributed by atoms with Gasteiger partial charge in [0.15, 0.2) is 0 Å². The van der Waals surface area contributed by atoms with E-state index in [1.165, 1.54) is 4.90 Å². The van der Waals surface area contributed by atoms with E-state index in [2.05, 4.69) is 6.92 Å². The highest BCUT2D eigenvalue weighted by atomic mass is 35.5. The highest BCUT2D eigenvalue weighted by molar-refractivity contribution is 6.35. The molecule has 1 aliphatic carbocycles. The Kier molecular flexibility index (Phi) is 3.51. The van der Waals surface area contributed by atoms with Crippen LogP contribution >= 0.6 is 23.2 Å². The summed E-state index contributed by atoms with van der Waals surface area (Å²) in [5.41, 5.74) is 0.486. The third kappa shape index (κ3) is 2.23. The summed E-state index contributed by atoms with van der Waals surface area (Å²) in [5.74, 6) is -0.0634. The van der Waals surface area contributed by atoms with Gasteiger partial charge in [0, 0.05) is 10.0 Å². The molecular weight excluding hydrogens is 297 g/mol. The summed E-state index contributed by atoms with van der Waals surface area (Å²) in [6.07, 6.45) is 2.59. The van der Waals surface area contributed by atoms with Gasteiger partial charge < -0.3 is 0 Å². The molecule has 5 heteroatoms. The Morgan fingerprint density at radius 3 is 2.25 bits per heavy atom. The highest BCUT2D eigenvalue weighted by Gasteiger charge is 2.50. The molecule has 0 radical (unpaired) electrons. The van der Waals surface area contributed by atoms with Gasteiger partial charge in [0.25, 0.3) is 0 Å². The molecule has 1 saturated carbocycles. The molecule has 1 saturated heterocycles. The van der Waals surface area contributed by atoms with Crippen molar-refractivity contribution in [1.29, 1.82) is 0 Å². The molecule has 1 aromatic rings. The van der Waals surface area contributed by atoms with Gasteiger partial charge in [0.1, 0.15) is 0 Å². The van der Waals surface area contributed by atoms with Crippen molar-refractivity contribution in [3.8, 4) is 0 Å². The first-order valence-electron chi connectivity index (χ1n) is 6.81. The van der Waals surface area contributed by atoms with Crippen molar-refractivity contribution >= 4 is 40.7 Å². The molecule has 0 aromatic heterocycles. The molecule has 106 valence electrons. The Hall–Kier alpha value is -1.06. The number of imide groups is 1. The fourth-order valence-corrected chi connectivity index (χ4v) is 3.83. The van der Waals surface area contributed by atoms with E-state index in [9.17, 15) is 9.59 Å². The molecule has 3 rings (SSSR count). The maximum Gasteiger partial charge on any atom is 0.237 e. The molecule has 1 aromatic carbocycles. The Morgan fingerprint density at radius 1 is 1.00 bits per heavy atom. The van der Waals surface area contributed by atoms with Gasteiger partial charge in [-0.25, -0.2) is 4.90 Å². The van der Waals surface area contributed by atoms with Crippen molar-refractivity contribution in [3.63, 3.8) is 0 Å². The summed E-state index contributed by atoms with van der Waals surface area (Å²) in [6, 6.07) is 4.82. The summed E-state index contributed by atoms with van der Waals surface area (Å²) in [4.78, 5) is 26.3. The molecule has 1 aliphatic heterocycles. The first-order chi connectivity index (χ1) is 9.47. The number of rotatable bonds is 1. The van der Waals surface area contributed by atoms with Crippen LogP contribution in [-0.4, -0.2) is 11.8 Å². The van der Waals surface area contributed by atoms with Crippen LogP contribution in [0.2, 0.25) is 10.0 Å². The zero-order valence-corrected chi connectivity index (χ0v) is 12.6. The maximum atomic E-state index is 12.5. The van der Waals surface area contributed by atoms with E-state index in [0.29, 0.717) is 21.7 Å². The molecule has 2 fully saturated rings. The summed E-state index contributed by atoms with van der Waals surface area (Å²) in [7, 11) is 0. The third-order valence-corrected chi connectivity index (χ3v) is 4.73. The number of hydrogen-bond acceptors (Lipinski definition) is 2. The minimum Gasteiger partial charge on any atom is -0.274 e.